The average Bonchev–Trinajstić information content (AvgIpc) is 3.91. The number of amides is 5. The fourth-order valence-corrected chi connectivity index (χ4v) is 7.34. The van der Waals surface area contributed by atoms with Crippen molar-refractivity contribution in [2.75, 3.05) is 31.6 Å². The molecule has 2 aromatic rings. The smallest absolute Gasteiger partial charge is 0.326 e. The van der Waals surface area contributed by atoms with Crippen molar-refractivity contribution >= 4 is 53.2 Å². The summed E-state index contributed by atoms with van der Waals surface area (Å²) < 4.78 is 0. The quantitative estimate of drug-likeness (QED) is 0.0476. The van der Waals surface area contributed by atoms with Gasteiger partial charge in [-0.2, -0.15) is 11.8 Å². The number of carboxylic acids is 1. The predicted octanol–water partition coefficient (Wildman–Crippen LogP) is 0.0453. The van der Waals surface area contributed by atoms with Crippen molar-refractivity contribution in [3.63, 3.8) is 0 Å². The summed E-state index contributed by atoms with van der Waals surface area (Å²) in [5, 5.41) is 24.2. The highest BCUT2D eigenvalue weighted by Gasteiger charge is 2.40. The Morgan fingerprint density at radius 2 is 1.41 bits per heavy atom. The number of aliphatic carboxylic acids is 1. The molecular weight excluding hydrogens is 739 g/mol. The van der Waals surface area contributed by atoms with Crippen LogP contribution in [0, 0.1) is 0 Å². The van der Waals surface area contributed by atoms with Gasteiger partial charge in [-0.15, -0.1) is 0 Å². The van der Waals surface area contributed by atoms with Crippen LogP contribution in [0.4, 0.5) is 0 Å². The molecule has 2 aliphatic heterocycles. The van der Waals surface area contributed by atoms with E-state index < -0.39 is 53.9 Å². The summed E-state index contributed by atoms with van der Waals surface area (Å²) in [6.45, 7) is 1.19. The molecule has 2 heterocycles. The highest BCUT2D eigenvalue weighted by atomic mass is 32.2. The number of guanidine groups is 1. The molecule has 304 valence electrons. The van der Waals surface area contributed by atoms with E-state index in [0.717, 1.165) is 13.0 Å². The number of benzene rings is 2. The molecule has 2 aliphatic rings. The summed E-state index contributed by atoms with van der Waals surface area (Å²) >= 11 is 1.55. The summed E-state index contributed by atoms with van der Waals surface area (Å²) in [7, 11) is 0. The van der Waals surface area contributed by atoms with E-state index in [-0.39, 0.29) is 56.0 Å². The number of hydrogen-bond acceptors (Lipinski definition) is 9. The molecule has 0 spiro atoms. The zero-order chi connectivity index (χ0) is 40.5. The van der Waals surface area contributed by atoms with Gasteiger partial charge in [0.05, 0.1) is 6.04 Å². The van der Waals surface area contributed by atoms with Crippen LogP contribution in [0.1, 0.15) is 56.1 Å². The highest BCUT2D eigenvalue weighted by molar-refractivity contribution is 7.98. The van der Waals surface area contributed by atoms with Gasteiger partial charge >= 0.3 is 5.97 Å². The molecule has 5 amide bonds. The molecule has 17 heteroatoms. The number of nitrogens with one attached hydrogen (secondary N) is 5. The first-order chi connectivity index (χ1) is 27.0. The number of hydrogen-bond donors (Lipinski definition) is 8. The zero-order valence-electron chi connectivity index (χ0n) is 31.8. The van der Waals surface area contributed by atoms with Gasteiger partial charge < -0.3 is 48.1 Å². The number of aliphatic imine (C=N–C) groups is 1. The van der Waals surface area contributed by atoms with E-state index in [1.54, 1.807) is 66.4 Å². The lowest BCUT2D eigenvalue weighted by Crippen LogP contribution is -2.59. The molecule has 0 aromatic heterocycles. The van der Waals surface area contributed by atoms with E-state index in [1.807, 2.05) is 12.3 Å². The molecule has 0 aliphatic carbocycles. The largest absolute Gasteiger partial charge is 0.480 e. The molecule has 16 nitrogen and oxygen atoms in total. The van der Waals surface area contributed by atoms with Crippen LogP contribution in [0.5, 0.6) is 0 Å². The maximum atomic E-state index is 14.1. The number of nitrogens with two attached hydrogens (primary N) is 2. The Balaban J connectivity index is 1.52. The normalized spacial score (nSPS) is 18.5. The maximum Gasteiger partial charge on any atom is 0.326 e. The maximum absolute atomic E-state index is 14.1. The molecule has 2 aromatic carbocycles. The Morgan fingerprint density at radius 1 is 0.804 bits per heavy atom. The molecule has 4 rings (SSSR count). The van der Waals surface area contributed by atoms with Crippen LogP contribution < -0.4 is 38.1 Å². The Hall–Kier alpha value is -5.16. The first-order valence-electron chi connectivity index (χ1n) is 19.1. The summed E-state index contributed by atoms with van der Waals surface area (Å²) in [5.41, 5.74) is 12.4. The molecular formula is C39H55N9O7S. The minimum atomic E-state index is -1.28. The molecule has 0 unspecified atom stereocenters. The van der Waals surface area contributed by atoms with Crippen molar-refractivity contribution in [2.45, 2.75) is 94.0 Å². The minimum Gasteiger partial charge on any atom is -0.480 e. The molecule has 2 fully saturated rings. The van der Waals surface area contributed by atoms with Crippen LogP contribution in [0.2, 0.25) is 0 Å². The summed E-state index contributed by atoms with van der Waals surface area (Å²) in [5.74, 6) is -3.31. The Kier molecular flexibility index (Phi) is 17.4. The van der Waals surface area contributed by atoms with Gasteiger partial charge in [-0.1, -0.05) is 60.7 Å². The van der Waals surface area contributed by atoms with Gasteiger partial charge in [-0.25, -0.2) is 4.79 Å². The van der Waals surface area contributed by atoms with Gasteiger partial charge in [0, 0.05) is 25.9 Å². The third kappa shape index (κ3) is 13.5. The molecule has 10 N–H and O–H groups in total. The average molecular weight is 794 g/mol. The Morgan fingerprint density at radius 3 is 2.00 bits per heavy atom. The van der Waals surface area contributed by atoms with Crippen molar-refractivity contribution in [1.82, 2.24) is 31.5 Å². The topological polar surface area (TPSA) is 250 Å². The number of carbonyl (C=O) groups is 6. The lowest BCUT2D eigenvalue weighted by molar-refractivity contribution is -0.142. The second-order valence-electron chi connectivity index (χ2n) is 14.0. The van der Waals surface area contributed by atoms with Gasteiger partial charge in [0.1, 0.15) is 30.2 Å². The van der Waals surface area contributed by atoms with Gasteiger partial charge in [-0.05, 0) is 74.6 Å². The van der Waals surface area contributed by atoms with Crippen LogP contribution in [-0.4, -0.2) is 119 Å². The number of likely N-dealkylation sites (tertiary alicyclic amines) is 1. The Labute approximate surface area is 331 Å². The third-order valence-corrected chi connectivity index (χ3v) is 10.5. The number of carbonyl (C=O) groups excluding carboxylic acids is 5. The molecule has 56 heavy (non-hydrogen) atoms. The van der Waals surface area contributed by atoms with Crippen molar-refractivity contribution in [3.8, 4) is 0 Å². The Bertz CT molecular complexity index is 1660. The highest BCUT2D eigenvalue weighted by Crippen LogP contribution is 2.21. The summed E-state index contributed by atoms with van der Waals surface area (Å²) in [6.07, 6.45) is 5.17. The third-order valence-electron chi connectivity index (χ3n) is 9.83. The predicted molar refractivity (Wildman–Crippen MR) is 214 cm³/mol. The van der Waals surface area contributed by atoms with E-state index in [4.69, 9.17) is 11.5 Å². The van der Waals surface area contributed by atoms with E-state index in [2.05, 4.69) is 31.6 Å². The fourth-order valence-electron chi connectivity index (χ4n) is 6.87. The fraction of sp³-hybridized carbons (Fsp3) is 0.513. The number of rotatable bonds is 21. The van der Waals surface area contributed by atoms with Crippen LogP contribution >= 0.6 is 11.8 Å². The van der Waals surface area contributed by atoms with Crippen LogP contribution in [-0.2, 0) is 41.6 Å². The molecule has 0 bridgehead atoms. The molecule has 0 radical (unpaired) electrons. The van der Waals surface area contributed by atoms with E-state index in [1.165, 1.54) is 4.90 Å². The van der Waals surface area contributed by atoms with Crippen molar-refractivity contribution in [2.24, 2.45) is 16.5 Å². The lowest BCUT2D eigenvalue weighted by atomic mass is 10.0. The van der Waals surface area contributed by atoms with E-state index >= 15 is 0 Å². The molecule has 6 atom stereocenters. The first-order valence-corrected chi connectivity index (χ1v) is 20.5. The first kappa shape index (κ1) is 43.6. The number of carboxylic acid groups (broad SMARTS) is 1. The van der Waals surface area contributed by atoms with Crippen LogP contribution in [0.15, 0.2) is 65.7 Å². The summed E-state index contributed by atoms with van der Waals surface area (Å²) in [6, 6.07) is 12.1. The van der Waals surface area contributed by atoms with Gasteiger partial charge in [-0.3, -0.25) is 29.0 Å². The standard InChI is InChI=1S/C39H55N9O7S/c1-56-22-18-29(45-33(49)27-15-8-19-42-27)37(53)48-21-10-17-32(48)36(52)44-28(16-9-20-43-39(40)41)34(50)46-30(23-25-11-4-2-5-12-25)35(51)47-31(38(54)55)24-26-13-6-3-7-14-26/h2-7,11-14,27-32,42H,8-10,15-24H2,1H3,(H,44,52)(H,45,49)(H,46,50)(H,47,51)(H,54,55)(H4,40,41,43)/t27-,28-,29-,30-,31-,32-/m0/s1. The van der Waals surface area contributed by atoms with Crippen LogP contribution in [0.25, 0.3) is 0 Å². The van der Waals surface area contributed by atoms with Gasteiger partial charge in [0.2, 0.25) is 29.5 Å². The van der Waals surface area contributed by atoms with Gasteiger partial charge in [0.15, 0.2) is 5.96 Å². The molecule has 0 saturated carbocycles. The van der Waals surface area contributed by atoms with Crippen molar-refractivity contribution in [1.29, 1.82) is 0 Å². The van der Waals surface area contributed by atoms with Gasteiger partial charge in [0.25, 0.3) is 0 Å². The van der Waals surface area contributed by atoms with E-state index in [0.29, 0.717) is 49.1 Å². The second-order valence-corrected chi connectivity index (χ2v) is 15.0. The van der Waals surface area contributed by atoms with Crippen LogP contribution in [0.3, 0.4) is 0 Å². The zero-order valence-corrected chi connectivity index (χ0v) is 32.6. The molecule has 2 saturated heterocycles. The van der Waals surface area contributed by atoms with Crippen molar-refractivity contribution < 1.29 is 33.9 Å². The number of nitrogens with zero attached hydrogens (tertiary/aromatic N) is 2. The monoisotopic (exact) mass is 793 g/mol. The minimum absolute atomic E-state index is 0.0211. The SMILES string of the molecule is CSCC[C@H](NC(=O)[C@@H]1CCCN1)C(=O)N1CCC[C@H]1C(=O)N[C@@H](CCCN=C(N)N)C(=O)N[C@@H](Cc1ccccc1)C(=O)N[C@@H](Cc1ccccc1)C(=O)O. The van der Waals surface area contributed by atoms with E-state index in [9.17, 15) is 33.9 Å². The number of thioether (sulfide) groups is 1. The second kappa shape index (κ2) is 22.4. The van der Waals surface area contributed by atoms with Crippen molar-refractivity contribution in [3.05, 3.63) is 71.8 Å². The summed E-state index contributed by atoms with van der Waals surface area (Å²) in [4.78, 5) is 86.5. The lowest BCUT2D eigenvalue weighted by Gasteiger charge is -2.30.